The van der Waals surface area contributed by atoms with Crippen molar-refractivity contribution in [2.75, 3.05) is 26.8 Å². The fourth-order valence-electron chi connectivity index (χ4n) is 0.796. The van der Waals surface area contributed by atoms with Crippen LogP contribution in [0, 0.1) is 0 Å². The van der Waals surface area contributed by atoms with Crippen LogP contribution in [-0.2, 0) is 9.53 Å². The molecule has 0 fully saturated rings. The monoisotopic (exact) mass is 186 g/mol. The molecule has 0 bridgehead atoms. The van der Waals surface area contributed by atoms with Crippen molar-refractivity contribution < 1.29 is 9.53 Å². The van der Waals surface area contributed by atoms with Crippen molar-refractivity contribution in [1.29, 1.82) is 0 Å². The van der Waals surface area contributed by atoms with Gasteiger partial charge >= 0.3 is 0 Å². The van der Waals surface area contributed by atoms with E-state index in [4.69, 9.17) is 4.74 Å². The van der Waals surface area contributed by atoms with Crippen molar-refractivity contribution >= 4 is 5.91 Å². The van der Waals surface area contributed by atoms with Crippen LogP contribution in [0.2, 0.25) is 0 Å². The van der Waals surface area contributed by atoms with E-state index in [0.29, 0.717) is 19.7 Å². The molecule has 0 heterocycles. The van der Waals surface area contributed by atoms with Gasteiger partial charge in [0, 0.05) is 20.2 Å². The Hall–Kier alpha value is -0.870. The number of methoxy groups -OCH3 is 1. The van der Waals surface area contributed by atoms with E-state index in [1.807, 2.05) is 6.92 Å². The predicted octanol–water partition coefficient (Wildman–Crippen LogP) is -0.0869. The van der Waals surface area contributed by atoms with Gasteiger partial charge in [0.25, 0.3) is 0 Å². The Kier molecular flexibility index (Phi) is 7.24. The number of carbonyl (C=O) groups is 1. The Morgan fingerprint density at radius 3 is 2.92 bits per heavy atom. The van der Waals surface area contributed by atoms with Gasteiger partial charge in [-0.1, -0.05) is 6.08 Å². The summed E-state index contributed by atoms with van der Waals surface area (Å²) < 4.78 is 4.84. The molecule has 0 saturated heterocycles. The van der Waals surface area contributed by atoms with E-state index in [1.54, 1.807) is 13.2 Å². The molecule has 0 aromatic heterocycles. The number of rotatable bonds is 7. The van der Waals surface area contributed by atoms with Crippen LogP contribution < -0.4 is 10.6 Å². The second kappa shape index (κ2) is 7.76. The highest BCUT2D eigenvalue weighted by Gasteiger charge is 2.09. The molecule has 0 aliphatic rings. The zero-order chi connectivity index (χ0) is 10.1. The maximum atomic E-state index is 11.2. The summed E-state index contributed by atoms with van der Waals surface area (Å²) in [6.45, 7) is 7.12. The molecule has 0 aromatic carbocycles. The smallest absolute Gasteiger partial charge is 0.237 e. The van der Waals surface area contributed by atoms with Crippen LogP contribution in [0.1, 0.15) is 6.92 Å². The first kappa shape index (κ1) is 12.1. The summed E-state index contributed by atoms with van der Waals surface area (Å²) in [4.78, 5) is 11.2. The lowest BCUT2D eigenvalue weighted by Crippen LogP contribution is -2.43. The lowest BCUT2D eigenvalue weighted by Gasteiger charge is -2.12. The topological polar surface area (TPSA) is 50.4 Å². The van der Waals surface area contributed by atoms with Crippen molar-refractivity contribution in [3.05, 3.63) is 12.7 Å². The van der Waals surface area contributed by atoms with Crippen molar-refractivity contribution in [2.24, 2.45) is 0 Å². The molecule has 1 unspecified atom stereocenters. The third-order valence-electron chi connectivity index (χ3n) is 1.57. The van der Waals surface area contributed by atoms with Gasteiger partial charge in [-0.25, -0.2) is 0 Å². The summed E-state index contributed by atoms with van der Waals surface area (Å²) in [6, 6.07) is -0.185. The van der Waals surface area contributed by atoms with Crippen molar-refractivity contribution in [2.45, 2.75) is 13.0 Å². The SMILES string of the molecule is C=CCNC(=O)C(C)NCCOC. The molecule has 4 nitrogen and oxygen atoms in total. The van der Waals surface area contributed by atoms with Gasteiger partial charge in [-0.2, -0.15) is 0 Å². The van der Waals surface area contributed by atoms with Crippen LogP contribution in [0.5, 0.6) is 0 Å². The summed E-state index contributed by atoms with van der Waals surface area (Å²) in [7, 11) is 1.63. The van der Waals surface area contributed by atoms with Crippen LogP contribution >= 0.6 is 0 Å². The summed E-state index contributed by atoms with van der Waals surface area (Å²) in [5, 5.41) is 5.72. The van der Waals surface area contributed by atoms with Gasteiger partial charge < -0.3 is 15.4 Å². The Labute approximate surface area is 79.3 Å². The molecule has 1 amide bonds. The van der Waals surface area contributed by atoms with Gasteiger partial charge in [0.15, 0.2) is 0 Å². The van der Waals surface area contributed by atoms with Crippen LogP contribution in [0.25, 0.3) is 0 Å². The maximum absolute atomic E-state index is 11.2. The fraction of sp³-hybridized carbons (Fsp3) is 0.667. The first-order chi connectivity index (χ1) is 6.22. The van der Waals surface area contributed by atoms with Gasteiger partial charge in [0.05, 0.1) is 12.6 Å². The zero-order valence-corrected chi connectivity index (χ0v) is 8.30. The molecule has 4 heteroatoms. The highest BCUT2D eigenvalue weighted by atomic mass is 16.5. The number of hydrogen-bond acceptors (Lipinski definition) is 3. The minimum absolute atomic E-state index is 0.0176. The lowest BCUT2D eigenvalue weighted by atomic mass is 10.3. The second-order valence-corrected chi connectivity index (χ2v) is 2.70. The lowest BCUT2D eigenvalue weighted by molar-refractivity contribution is -0.122. The molecule has 0 aliphatic heterocycles. The molecule has 0 radical (unpaired) electrons. The average Bonchev–Trinajstić information content (AvgIpc) is 2.14. The van der Waals surface area contributed by atoms with E-state index in [1.165, 1.54) is 0 Å². The Morgan fingerprint density at radius 2 is 2.38 bits per heavy atom. The molecule has 0 aromatic rings. The highest BCUT2D eigenvalue weighted by molar-refractivity contribution is 5.81. The van der Waals surface area contributed by atoms with E-state index in [2.05, 4.69) is 17.2 Å². The van der Waals surface area contributed by atoms with Gasteiger partial charge in [-0.3, -0.25) is 4.79 Å². The number of hydrogen-bond donors (Lipinski definition) is 2. The zero-order valence-electron chi connectivity index (χ0n) is 8.30. The minimum Gasteiger partial charge on any atom is -0.383 e. The Bertz CT molecular complexity index is 160. The molecule has 0 saturated carbocycles. The summed E-state index contributed by atoms with van der Waals surface area (Å²) in [5.74, 6) is -0.0176. The standard InChI is InChI=1S/C9H18N2O2/c1-4-5-11-9(12)8(2)10-6-7-13-3/h4,8,10H,1,5-7H2,2-3H3,(H,11,12). The molecule has 0 aliphatic carbocycles. The predicted molar refractivity (Wildman–Crippen MR) is 52.5 cm³/mol. The number of carbonyl (C=O) groups excluding carboxylic acids is 1. The third kappa shape index (κ3) is 6.31. The summed E-state index contributed by atoms with van der Waals surface area (Å²) in [6.07, 6.45) is 1.65. The molecule has 1 atom stereocenters. The van der Waals surface area contributed by atoms with Crippen molar-refractivity contribution in [3.8, 4) is 0 Å². The molecule has 2 N–H and O–H groups in total. The molecule has 76 valence electrons. The fourth-order valence-corrected chi connectivity index (χ4v) is 0.796. The Balaban J connectivity index is 3.50. The summed E-state index contributed by atoms with van der Waals surface area (Å²) >= 11 is 0. The quantitative estimate of drug-likeness (QED) is 0.431. The van der Waals surface area contributed by atoms with Crippen molar-refractivity contribution in [1.82, 2.24) is 10.6 Å². The van der Waals surface area contributed by atoms with E-state index >= 15 is 0 Å². The molecule has 13 heavy (non-hydrogen) atoms. The average molecular weight is 186 g/mol. The van der Waals surface area contributed by atoms with E-state index in [9.17, 15) is 4.79 Å². The maximum Gasteiger partial charge on any atom is 0.237 e. The third-order valence-corrected chi connectivity index (χ3v) is 1.57. The largest absolute Gasteiger partial charge is 0.383 e. The van der Waals surface area contributed by atoms with Crippen LogP contribution in [0.4, 0.5) is 0 Å². The molecule has 0 rings (SSSR count). The number of amides is 1. The first-order valence-corrected chi connectivity index (χ1v) is 4.33. The van der Waals surface area contributed by atoms with Gasteiger partial charge in [0.1, 0.15) is 0 Å². The van der Waals surface area contributed by atoms with Crippen LogP contribution in [0.3, 0.4) is 0 Å². The first-order valence-electron chi connectivity index (χ1n) is 4.33. The second-order valence-electron chi connectivity index (χ2n) is 2.70. The molecular formula is C9H18N2O2. The molecular weight excluding hydrogens is 168 g/mol. The minimum atomic E-state index is -0.185. The van der Waals surface area contributed by atoms with Crippen molar-refractivity contribution in [3.63, 3.8) is 0 Å². The van der Waals surface area contributed by atoms with Crippen LogP contribution in [-0.4, -0.2) is 38.8 Å². The number of nitrogens with one attached hydrogen (secondary N) is 2. The number of ether oxygens (including phenoxy) is 1. The van der Waals surface area contributed by atoms with E-state index in [0.717, 1.165) is 0 Å². The van der Waals surface area contributed by atoms with Gasteiger partial charge in [0.2, 0.25) is 5.91 Å². The van der Waals surface area contributed by atoms with E-state index in [-0.39, 0.29) is 11.9 Å². The highest BCUT2D eigenvalue weighted by Crippen LogP contribution is 1.81. The van der Waals surface area contributed by atoms with Crippen LogP contribution in [0.15, 0.2) is 12.7 Å². The van der Waals surface area contributed by atoms with Gasteiger partial charge in [-0.05, 0) is 6.92 Å². The van der Waals surface area contributed by atoms with E-state index < -0.39 is 0 Å². The molecule has 0 spiro atoms. The Morgan fingerprint density at radius 1 is 1.69 bits per heavy atom. The normalized spacial score (nSPS) is 12.2. The summed E-state index contributed by atoms with van der Waals surface area (Å²) in [5.41, 5.74) is 0. The van der Waals surface area contributed by atoms with Gasteiger partial charge in [-0.15, -0.1) is 6.58 Å².